The predicted molar refractivity (Wildman–Crippen MR) is 99.6 cm³/mol. The van der Waals surface area contributed by atoms with Crippen LogP contribution in [0.15, 0.2) is 52.4 Å². The molecule has 1 aromatic carbocycles. The third-order valence-electron chi connectivity index (χ3n) is 5.11. The maximum atomic E-state index is 13.5. The van der Waals surface area contributed by atoms with E-state index < -0.39 is 23.5 Å². The van der Waals surface area contributed by atoms with Crippen LogP contribution < -0.4 is 10.6 Å². The van der Waals surface area contributed by atoms with E-state index in [0.29, 0.717) is 39.4 Å². The lowest BCUT2D eigenvalue weighted by Crippen LogP contribution is -2.28. The van der Waals surface area contributed by atoms with E-state index in [0.717, 1.165) is 18.2 Å². The lowest BCUT2D eigenvalue weighted by Gasteiger charge is -2.24. The van der Waals surface area contributed by atoms with Crippen molar-refractivity contribution in [3.05, 3.63) is 74.7 Å². The van der Waals surface area contributed by atoms with E-state index in [4.69, 9.17) is 0 Å². The van der Waals surface area contributed by atoms with Crippen LogP contribution >= 0.6 is 0 Å². The molecule has 2 N–H and O–H groups in total. The van der Waals surface area contributed by atoms with Gasteiger partial charge in [-0.05, 0) is 68.7 Å². The van der Waals surface area contributed by atoms with Gasteiger partial charge in [-0.2, -0.15) is 26.3 Å². The number of rotatable bonds is 1. The van der Waals surface area contributed by atoms with E-state index in [2.05, 4.69) is 10.6 Å². The number of aryl methyl sites for hydroxylation is 1. The molecule has 0 aliphatic carbocycles. The highest BCUT2D eigenvalue weighted by molar-refractivity contribution is 5.75. The van der Waals surface area contributed by atoms with E-state index >= 15 is 0 Å². The fourth-order valence-electron chi connectivity index (χ4n) is 3.53. The Balaban J connectivity index is 2.15. The first-order valence-corrected chi connectivity index (χ1v) is 8.90. The normalized spacial score (nSPS) is 17.9. The zero-order chi connectivity index (χ0) is 21.7. The lowest BCUT2D eigenvalue weighted by molar-refractivity contribution is -0.137. The molecule has 2 aliphatic rings. The van der Waals surface area contributed by atoms with E-state index in [1.165, 1.54) is 6.92 Å². The molecule has 0 saturated heterocycles. The summed E-state index contributed by atoms with van der Waals surface area (Å²) in [6.07, 6.45) is -6.48. The number of nitrogens with one attached hydrogen (secondary N) is 2. The molecule has 2 heterocycles. The first-order valence-electron chi connectivity index (χ1n) is 8.90. The van der Waals surface area contributed by atoms with Gasteiger partial charge in [-0.1, -0.05) is 0 Å². The summed E-state index contributed by atoms with van der Waals surface area (Å²) in [5.74, 6) is 0. The second-order valence-corrected chi connectivity index (χ2v) is 7.28. The Morgan fingerprint density at radius 1 is 0.862 bits per heavy atom. The smallest absolute Gasteiger partial charge is 0.380 e. The molecular weight excluding hydrogens is 394 g/mol. The molecule has 0 amide bonds. The van der Waals surface area contributed by atoms with Gasteiger partial charge in [0.1, 0.15) is 0 Å². The van der Waals surface area contributed by atoms with Crippen LogP contribution in [0.3, 0.4) is 0 Å². The summed E-state index contributed by atoms with van der Waals surface area (Å²) in [6, 6.07) is 2.11. The number of hydrogen-bond acceptors (Lipinski definition) is 2. The fraction of sp³-hybridized carbons (Fsp3) is 0.333. The highest BCUT2D eigenvalue weighted by Crippen LogP contribution is 2.38. The van der Waals surface area contributed by atoms with Crippen LogP contribution in [0.1, 0.15) is 36.1 Å². The number of alkyl halides is 6. The van der Waals surface area contributed by atoms with Gasteiger partial charge in [-0.3, -0.25) is 0 Å². The quantitative estimate of drug-likeness (QED) is 0.559. The summed E-state index contributed by atoms with van der Waals surface area (Å²) in [6.45, 7) is 6.30. The van der Waals surface area contributed by atoms with Crippen molar-refractivity contribution in [2.45, 2.75) is 40.0 Å². The first kappa shape index (κ1) is 21.1. The standard InChI is InChI=1S/C21H20F6N2/c1-10-5-14(20(22,23)24)8-15(13(10)4)19-11(2)6-18-16(9-28-19)17(21(25,26)27)7-12(3)29-18/h5-8,28-29H,9H2,1-4H3. The van der Waals surface area contributed by atoms with Crippen LogP contribution in [0.2, 0.25) is 0 Å². The Morgan fingerprint density at radius 3 is 2.10 bits per heavy atom. The van der Waals surface area contributed by atoms with Crippen molar-refractivity contribution >= 4 is 5.70 Å². The molecule has 2 nitrogen and oxygen atoms in total. The van der Waals surface area contributed by atoms with Crippen molar-refractivity contribution in [3.63, 3.8) is 0 Å². The van der Waals surface area contributed by atoms with Crippen LogP contribution in [0.4, 0.5) is 26.3 Å². The Labute approximate surface area is 164 Å². The van der Waals surface area contributed by atoms with Gasteiger partial charge in [0.05, 0.1) is 11.1 Å². The Hall–Kier alpha value is -2.64. The van der Waals surface area contributed by atoms with E-state index in [1.54, 1.807) is 26.8 Å². The zero-order valence-electron chi connectivity index (χ0n) is 16.3. The number of fused-ring (bicyclic) bond motifs is 1. The molecule has 0 radical (unpaired) electrons. The largest absolute Gasteiger partial charge is 0.416 e. The molecule has 3 rings (SSSR count). The SMILES string of the molecule is CC1=CC(C(F)(F)F)=C2CNC(c3cc(C(F)(F)F)cc(C)c3C)=C(C)C=C2N1. The lowest BCUT2D eigenvalue weighted by atomic mass is 9.95. The third kappa shape index (κ3) is 4.06. The summed E-state index contributed by atoms with van der Waals surface area (Å²) in [5, 5.41) is 5.88. The average Bonchev–Trinajstić information content (AvgIpc) is 2.73. The molecule has 1 aromatic rings. The average molecular weight is 414 g/mol. The van der Waals surface area contributed by atoms with Gasteiger partial charge in [0.15, 0.2) is 0 Å². The zero-order valence-corrected chi connectivity index (χ0v) is 16.3. The number of allylic oxidation sites excluding steroid dienone is 5. The summed E-state index contributed by atoms with van der Waals surface area (Å²) in [5.41, 5.74) is 1.44. The fourth-order valence-corrected chi connectivity index (χ4v) is 3.53. The van der Waals surface area contributed by atoms with Gasteiger partial charge >= 0.3 is 12.4 Å². The Morgan fingerprint density at radius 2 is 1.52 bits per heavy atom. The van der Waals surface area contributed by atoms with Crippen LogP contribution in [0, 0.1) is 13.8 Å². The summed E-state index contributed by atoms with van der Waals surface area (Å²) in [4.78, 5) is 0. The second kappa shape index (κ2) is 7.00. The minimum absolute atomic E-state index is 0.0267. The van der Waals surface area contributed by atoms with Crippen molar-refractivity contribution in [1.29, 1.82) is 0 Å². The number of benzene rings is 1. The molecule has 0 bridgehead atoms. The molecule has 156 valence electrons. The highest BCUT2D eigenvalue weighted by atomic mass is 19.4. The predicted octanol–water partition coefficient (Wildman–Crippen LogP) is 5.91. The van der Waals surface area contributed by atoms with Crippen molar-refractivity contribution < 1.29 is 26.3 Å². The van der Waals surface area contributed by atoms with Gasteiger partial charge in [0.2, 0.25) is 0 Å². The van der Waals surface area contributed by atoms with E-state index in [-0.39, 0.29) is 12.1 Å². The third-order valence-corrected chi connectivity index (χ3v) is 5.11. The molecule has 0 unspecified atom stereocenters. The van der Waals surface area contributed by atoms with Crippen LogP contribution in [-0.2, 0) is 6.18 Å². The topological polar surface area (TPSA) is 24.1 Å². The number of hydrogen-bond donors (Lipinski definition) is 2. The molecule has 0 aromatic heterocycles. The maximum absolute atomic E-state index is 13.5. The second-order valence-electron chi connectivity index (χ2n) is 7.28. The van der Waals surface area contributed by atoms with E-state index in [1.807, 2.05) is 0 Å². The van der Waals surface area contributed by atoms with Gasteiger partial charge in [0, 0.05) is 34.8 Å². The summed E-state index contributed by atoms with van der Waals surface area (Å²) >= 11 is 0. The molecule has 29 heavy (non-hydrogen) atoms. The molecular formula is C21H20F6N2. The Kier molecular flexibility index (Phi) is 5.09. The first-order chi connectivity index (χ1) is 13.3. The minimum atomic E-state index is -4.54. The molecule has 2 aliphatic heterocycles. The van der Waals surface area contributed by atoms with Crippen molar-refractivity contribution in [1.82, 2.24) is 10.6 Å². The summed E-state index contributed by atoms with van der Waals surface area (Å²) in [7, 11) is 0. The molecule has 0 fully saturated rings. The minimum Gasteiger partial charge on any atom is -0.380 e. The van der Waals surface area contributed by atoms with E-state index in [9.17, 15) is 26.3 Å². The highest BCUT2D eigenvalue weighted by Gasteiger charge is 2.38. The molecule has 0 spiro atoms. The molecule has 0 atom stereocenters. The molecule has 8 heteroatoms. The van der Waals surface area contributed by atoms with Crippen LogP contribution in [0.25, 0.3) is 5.70 Å². The van der Waals surface area contributed by atoms with Gasteiger partial charge < -0.3 is 10.6 Å². The maximum Gasteiger partial charge on any atom is 0.416 e. The van der Waals surface area contributed by atoms with Crippen molar-refractivity contribution in [3.8, 4) is 0 Å². The molecule has 0 saturated carbocycles. The number of halogens is 6. The van der Waals surface area contributed by atoms with Crippen molar-refractivity contribution in [2.24, 2.45) is 0 Å². The van der Waals surface area contributed by atoms with Gasteiger partial charge in [-0.15, -0.1) is 0 Å². The van der Waals surface area contributed by atoms with Crippen LogP contribution in [-0.4, -0.2) is 12.7 Å². The van der Waals surface area contributed by atoms with Crippen molar-refractivity contribution in [2.75, 3.05) is 6.54 Å². The van der Waals surface area contributed by atoms with Gasteiger partial charge in [0.25, 0.3) is 0 Å². The monoisotopic (exact) mass is 414 g/mol. The van der Waals surface area contributed by atoms with Gasteiger partial charge in [-0.25, -0.2) is 0 Å². The number of dihydropyridines is 1. The van der Waals surface area contributed by atoms with Crippen LogP contribution in [0.5, 0.6) is 0 Å². The Bertz CT molecular complexity index is 988. The summed E-state index contributed by atoms with van der Waals surface area (Å²) < 4.78 is 80.4.